The van der Waals surface area contributed by atoms with Gasteiger partial charge in [-0.25, -0.2) is 9.78 Å². The van der Waals surface area contributed by atoms with E-state index in [9.17, 15) is 14.7 Å². The molecular weight excluding hydrogens is 378 g/mol. The number of anilines is 1. The zero-order chi connectivity index (χ0) is 19.8. The summed E-state index contributed by atoms with van der Waals surface area (Å²) in [5.74, 6) is -2.04. The van der Waals surface area contributed by atoms with Gasteiger partial charge in [-0.05, 0) is 43.2 Å². The molecule has 0 bridgehead atoms. The fourth-order valence-electron chi connectivity index (χ4n) is 3.20. The molecule has 3 heterocycles. The Labute approximate surface area is 164 Å². The second-order valence-electron chi connectivity index (χ2n) is 6.31. The van der Waals surface area contributed by atoms with Crippen molar-refractivity contribution >= 4 is 38.6 Å². The molecule has 1 aromatic carbocycles. The van der Waals surface area contributed by atoms with E-state index in [4.69, 9.17) is 4.74 Å². The van der Waals surface area contributed by atoms with Gasteiger partial charge in [-0.1, -0.05) is 23.5 Å². The van der Waals surface area contributed by atoms with Crippen molar-refractivity contribution in [2.45, 2.75) is 19.9 Å². The van der Waals surface area contributed by atoms with Crippen molar-refractivity contribution in [1.82, 2.24) is 9.97 Å². The number of benzene rings is 1. The van der Waals surface area contributed by atoms with Crippen LogP contribution in [-0.4, -0.2) is 33.6 Å². The minimum absolute atomic E-state index is 0.102. The molecule has 1 N–H and O–H groups in total. The molecule has 0 spiro atoms. The van der Waals surface area contributed by atoms with Crippen LogP contribution in [0.2, 0.25) is 0 Å². The van der Waals surface area contributed by atoms with Crippen LogP contribution >= 0.6 is 11.3 Å². The summed E-state index contributed by atoms with van der Waals surface area (Å²) in [5, 5.41) is 10.9. The van der Waals surface area contributed by atoms with Gasteiger partial charge in [-0.2, -0.15) is 0 Å². The van der Waals surface area contributed by atoms with Crippen molar-refractivity contribution in [3.63, 3.8) is 0 Å². The first-order valence-corrected chi connectivity index (χ1v) is 9.53. The summed E-state index contributed by atoms with van der Waals surface area (Å²) in [5.41, 5.74) is 2.30. The molecule has 4 rings (SSSR count). The van der Waals surface area contributed by atoms with Gasteiger partial charge < -0.3 is 9.84 Å². The normalized spacial score (nSPS) is 16.9. The van der Waals surface area contributed by atoms with Crippen LogP contribution in [0.5, 0.6) is 0 Å². The van der Waals surface area contributed by atoms with Gasteiger partial charge in [0, 0.05) is 12.4 Å². The molecule has 0 fully saturated rings. The number of ether oxygens (including phenoxy) is 1. The number of aliphatic hydroxyl groups is 1. The monoisotopic (exact) mass is 395 g/mol. The topological polar surface area (TPSA) is 92.6 Å². The zero-order valence-electron chi connectivity index (χ0n) is 15.2. The Hall–Kier alpha value is -3.26. The third-order valence-electron chi connectivity index (χ3n) is 4.44. The summed E-state index contributed by atoms with van der Waals surface area (Å²) in [6, 6.07) is 8.39. The Morgan fingerprint density at radius 2 is 2.18 bits per heavy atom. The van der Waals surface area contributed by atoms with Gasteiger partial charge in [0.1, 0.15) is 11.6 Å². The first kappa shape index (κ1) is 18.1. The summed E-state index contributed by atoms with van der Waals surface area (Å²) >= 11 is 1.32. The number of hydrogen-bond donors (Lipinski definition) is 1. The van der Waals surface area contributed by atoms with Gasteiger partial charge in [0.25, 0.3) is 5.91 Å². The van der Waals surface area contributed by atoms with Crippen LogP contribution in [0.15, 0.2) is 54.1 Å². The average Bonchev–Trinajstić information content (AvgIpc) is 3.21. The van der Waals surface area contributed by atoms with Gasteiger partial charge in [0.15, 0.2) is 10.9 Å². The largest absolute Gasteiger partial charge is 0.503 e. The number of fused-ring (bicyclic) bond motifs is 1. The molecule has 2 aromatic heterocycles. The number of aliphatic hydroxyl groups excluding tert-OH is 1. The van der Waals surface area contributed by atoms with Crippen LogP contribution in [0.4, 0.5) is 5.13 Å². The van der Waals surface area contributed by atoms with E-state index >= 15 is 0 Å². The molecule has 1 atom stereocenters. The van der Waals surface area contributed by atoms with E-state index in [1.807, 2.05) is 25.1 Å². The van der Waals surface area contributed by atoms with E-state index in [1.54, 1.807) is 31.5 Å². The number of hydrogen-bond acceptors (Lipinski definition) is 7. The maximum absolute atomic E-state index is 12.9. The van der Waals surface area contributed by atoms with Crippen LogP contribution in [0.1, 0.15) is 24.1 Å². The Kier molecular flexibility index (Phi) is 4.56. The number of aryl methyl sites for hydroxylation is 1. The first-order chi connectivity index (χ1) is 13.5. The minimum atomic E-state index is -0.859. The van der Waals surface area contributed by atoms with Crippen molar-refractivity contribution in [2.24, 2.45) is 0 Å². The summed E-state index contributed by atoms with van der Waals surface area (Å²) in [6.45, 7) is 3.77. The first-order valence-electron chi connectivity index (χ1n) is 8.72. The second kappa shape index (κ2) is 7.05. The highest BCUT2D eigenvalue weighted by Gasteiger charge is 2.46. The number of esters is 1. The smallest absolute Gasteiger partial charge is 0.340 e. The highest BCUT2D eigenvalue weighted by Crippen LogP contribution is 2.43. The molecule has 1 amide bonds. The molecule has 28 heavy (non-hydrogen) atoms. The predicted molar refractivity (Wildman–Crippen MR) is 105 cm³/mol. The van der Waals surface area contributed by atoms with Crippen molar-refractivity contribution in [2.75, 3.05) is 11.5 Å². The average molecular weight is 395 g/mol. The van der Waals surface area contributed by atoms with Gasteiger partial charge in [-0.3, -0.25) is 14.7 Å². The summed E-state index contributed by atoms with van der Waals surface area (Å²) in [4.78, 5) is 35.4. The molecule has 1 aliphatic heterocycles. The van der Waals surface area contributed by atoms with Crippen LogP contribution in [0.25, 0.3) is 10.2 Å². The van der Waals surface area contributed by atoms with Gasteiger partial charge in [0.05, 0.1) is 16.8 Å². The zero-order valence-corrected chi connectivity index (χ0v) is 16.1. The molecular formula is C20H17N3O4S. The molecule has 3 aromatic rings. The lowest BCUT2D eigenvalue weighted by Crippen LogP contribution is -2.31. The molecule has 8 heteroatoms. The number of carbonyl (C=O) groups is 2. The van der Waals surface area contributed by atoms with E-state index in [2.05, 4.69) is 9.97 Å². The standard InChI is InChI=1S/C20H17N3O4S/c1-3-27-19(26)15-16(12-5-4-8-21-10-12)23(18(25)17(15)24)20-22-13-7-6-11(2)9-14(13)28-20/h4-10,16,24H,3H2,1-2H3. The minimum Gasteiger partial charge on any atom is -0.503 e. The number of thiazole rings is 1. The van der Waals surface area contributed by atoms with E-state index in [1.165, 1.54) is 16.2 Å². The maximum atomic E-state index is 12.9. The van der Waals surface area contributed by atoms with Crippen molar-refractivity contribution in [3.05, 3.63) is 65.2 Å². The SMILES string of the molecule is CCOC(=O)C1=C(O)C(=O)N(c2nc3ccc(C)cc3s2)C1c1cccnc1. The number of amides is 1. The van der Waals surface area contributed by atoms with Crippen LogP contribution in [0, 0.1) is 6.92 Å². The molecule has 0 saturated carbocycles. The summed E-state index contributed by atoms with van der Waals surface area (Å²) in [6.07, 6.45) is 3.15. The number of carbonyl (C=O) groups excluding carboxylic acids is 2. The number of aromatic nitrogens is 2. The molecule has 0 saturated heterocycles. The van der Waals surface area contributed by atoms with E-state index in [0.717, 1.165) is 15.8 Å². The lowest BCUT2D eigenvalue weighted by Gasteiger charge is -2.23. The summed E-state index contributed by atoms with van der Waals surface area (Å²) in [7, 11) is 0. The fourth-order valence-corrected chi connectivity index (χ4v) is 4.29. The molecule has 0 aliphatic carbocycles. The van der Waals surface area contributed by atoms with Crippen molar-refractivity contribution in [3.8, 4) is 0 Å². The highest BCUT2D eigenvalue weighted by molar-refractivity contribution is 7.22. The third-order valence-corrected chi connectivity index (χ3v) is 5.46. The van der Waals surface area contributed by atoms with Crippen molar-refractivity contribution < 1.29 is 19.4 Å². The predicted octanol–water partition coefficient (Wildman–Crippen LogP) is 3.46. The Morgan fingerprint density at radius 3 is 2.89 bits per heavy atom. The summed E-state index contributed by atoms with van der Waals surface area (Å²) < 4.78 is 6.00. The van der Waals surface area contributed by atoms with E-state index in [-0.39, 0.29) is 12.2 Å². The maximum Gasteiger partial charge on any atom is 0.340 e. The Balaban J connectivity index is 1.87. The quantitative estimate of drug-likeness (QED) is 0.680. The van der Waals surface area contributed by atoms with E-state index < -0.39 is 23.7 Å². The van der Waals surface area contributed by atoms with E-state index in [0.29, 0.717) is 10.7 Å². The molecule has 0 radical (unpaired) electrons. The number of rotatable bonds is 4. The van der Waals surface area contributed by atoms with Gasteiger partial charge in [0.2, 0.25) is 0 Å². The number of nitrogens with zero attached hydrogens (tertiary/aromatic N) is 3. The Morgan fingerprint density at radius 1 is 1.36 bits per heavy atom. The lowest BCUT2D eigenvalue weighted by molar-refractivity contribution is -0.139. The molecule has 1 unspecified atom stereocenters. The molecule has 142 valence electrons. The Bertz CT molecular complexity index is 1110. The van der Waals surface area contributed by atoms with Crippen LogP contribution in [0.3, 0.4) is 0 Å². The van der Waals surface area contributed by atoms with Gasteiger partial charge >= 0.3 is 5.97 Å². The number of pyridine rings is 1. The third kappa shape index (κ3) is 2.91. The highest BCUT2D eigenvalue weighted by atomic mass is 32.1. The second-order valence-corrected chi connectivity index (χ2v) is 7.32. The fraction of sp³-hybridized carbons (Fsp3) is 0.200. The van der Waals surface area contributed by atoms with Crippen molar-refractivity contribution in [1.29, 1.82) is 0 Å². The van der Waals surface area contributed by atoms with Crippen LogP contribution in [-0.2, 0) is 14.3 Å². The molecule has 1 aliphatic rings. The molecule has 7 nitrogen and oxygen atoms in total. The van der Waals surface area contributed by atoms with Gasteiger partial charge in [-0.15, -0.1) is 0 Å². The van der Waals surface area contributed by atoms with Crippen LogP contribution < -0.4 is 4.90 Å². The lowest BCUT2D eigenvalue weighted by atomic mass is 10.0.